The zero-order valence-corrected chi connectivity index (χ0v) is 8.23. The lowest BCUT2D eigenvalue weighted by Gasteiger charge is -2.05. The average Bonchev–Trinajstić information content (AvgIpc) is 2.05. The van der Waals surface area contributed by atoms with Crippen molar-refractivity contribution in [3.8, 4) is 0 Å². The van der Waals surface area contributed by atoms with Gasteiger partial charge in [-0.1, -0.05) is 64.2 Å². The van der Waals surface area contributed by atoms with Crippen molar-refractivity contribution < 1.29 is 0 Å². The molecule has 0 aromatic carbocycles. The standard InChI is InChI=1S/C12H22/c1-2-4-6-8-10-12-11-9-7-5-3-1/h1,10H,2-9,11-12H2. The minimum atomic E-state index is 1.36. The molecule has 1 aliphatic rings. The Kier molecular flexibility index (Phi) is 6.42. The Hall–Kier alpha value is 0. The summed E-state index contributed by atoms with van der Waals surface area (Å²) < 4.78 is 0. The maximum absolute atomic E-state index is 2.49. The van der Waals surface area contributed by atoms with E-state index in [1.54, 1.807) is 0 Å². The summed E-state index contributed by atoms with van der Waals surface area (Å²) in [6.07, 6.45) is 19.0. The van der Waals surface area contributed by atoms with Crippen molar-refractivity contribution in [1.29, 1.82) is 0 Å². The molecule has 70 valence electrons. The van der Waals surface area contributed by atoms with Gasteiger partial charge in [0.1, 0.15) is 0 Å². The largest absolute Gasteiger partial charge is 0.0533 e. The molecule has 0 heterocycles. The zero-order valence-electron chi connectivity index (χ0n) is 8.23. The van der Waals surface area contributed by atoms with Crippen molar-refractivity contribution in [2.24, 2.45) is 0 Å². The van der Waals surface area contributed by atoms with Crippen LogP contribution in [0.4, 0.5) is 0 Å². The smallest absolute Gasteiger partial charge is 0.0386 e. The Morgan fingerprint density at radius 2 is 0.750 bits per heavy atom. The lowest BCUT2D eigenvalue weighted by atomic mass is 10.0. The molecule has 1 aliphatic carbocycles. The van der Waals surface area contributed by atoms with Gasteiger partial charge in [-0.15, -0.1) is 0 Å². The van der Waals surface area contributed by atoms with E-state index in [-0.39, 0.29) is 0 Å². The molecule has 0 aromatic heterocycles. The molecule has 0 unspecified atom stereocenters. The predicted octanol–water partition coefficient (Wildman–Crippen LogP) is 4.31. The first-order valence-corrected chi connectivity index (χ1v) is 5.63. The summed E-state index contributed by atoms with van der Waals surface area (Å²) >= 11 is 0. The second kappa shape index (κ2) is 7.64. The van der Waals surface area contributed by atoms with Gasteiger partial charge in [-0.2, -0.15) is 0 Å². The third kappa shape index (κ3) is 5.62. The van der Waals surface area contributed by atoms with Crippen LogP contribution in [0.5, 0.6) is 0 Å². The first kappa shape index (κ1) is 10.1. The third-order valence-electron chi connectivity index (χ3n) is 2.63. The maximum Gasteiger partial charge on any atom is -0.0386 e. The van der Waals surface area contributed by atoms with Crippen molar-refractivity contribution in [3.63, 3.8) is 0 Å². The lowest BCUT2D eigenvalue weighted by molar-refractivity contribution is 0.590. The van der Waals surface area contributed by atoms with Crippen LogP contribution in [-0.4, -0.2) is 0 Å². The topological polar surface area (TPSA) is 0 Å². The highest BCUT2D eigenvalue weighted by Crippen LogP contribution is 2.14. The summed E-state index contributed by atoms with van der Waals surface area (Å²) in [4.78, 5) is 0. The molecule has 0 spiro atoms. The molecule has 1 saturated carbocycles. The van der Waals surface area contributed by atoms with Gasteiger partial charge in [0.15, 0.2) is 0 Å². The molecular weight excluding hydrogens is 144 g/mol. The van der Waals surface area contributed by atoms with Gasteiger partial charge in [0.25, 0.3) is 0 Å². The second-order valence-corrected chi connectivity index (χ2v) is 3.85. The summed E-state index contributed by atoms with van der Waals surface area (Å²) in [5.41, 5.74) is 0. The van der Waals surface area contributed by atoms with Gasteiger partial charge >= 0.3 is 0 Å². The SMILES string of the molecule is [CH]1CCCC[CH]CCCCCC1. The fourth-order valence-corrected chi connectivity index (χ4v) is 1.80. The van der Waals surface area contributed by atoms with Gasteiger partial charge < -0.3 is 0 Å². The quantitative estimate of drug-likeness (QED) is 0.503. The van der Waals surface area contributed by atoms with E-state index < -0.39 is 0 Å². The van der Waals surface area contributed by atoms with Crippen LogP contribution in [0.1, 0.15) is 64.2 Å². The van der Waals surface area contributed by atoms with Crippen LogP contribution in [0.15, 0.2) is 0 Å². The lowest BCUT2D eigenvalue weighted by Crippen LogP contribution is -1.87. The molecular formula is C12H22. The Bertz CT molecular complexity index is 43.0. The predicted molar refractivity (Wildman–Crippen MR) is 54.8 cm³/mol. The van der Waals surface area contributed by atoms with E-state index in [2.05, 4.69) is 12.8 Å². The first-order chi connectivity index (χ1) is 6.00. The van der Waals surface area contributed by atoms with E-state index in [1.807, 2.05) is 0 Å². The fraction of sp³-hybridized carbons (Fsp3) is 0.833. The number of hydrogen-bond acceptors (Lipinski definition) is 0. The summed E-state index contributed by atoms with van der Waals surface area (Å²) in [7, 11) is 0. The van der Waals surface area contributed by atoms with E-state index >= 15 is 0 Å². The van der Waals surface area contributed by atoms with Gasteiger partial charge in [0.2, 0.25) is 0 Å². The molecule has 0 amide bonds. The Morgan fingerprint density at radius 3 is 1.17 bits per heavy atom. The van der Waals surface area contributed by atoms with Crippen LogP contribution in [0.25, 0.3) is 0 Å². The summed E-state index contributed by atoms with van der Waals surface area (Å²) in [6, 6.07) is 0. The Balaban J connectivity index is 2.00. The van der Waals surface area contributed by atoms with Crippen LogP contribution in [0.2, 0.25) is 0 Å². The molecule has 1 rings (SSSR count). The van der Waals surface area contributed by atoms with Gasteiger partial charge in [-0.3, -0.25) is 0 Å². The summed E-state index contributed by atoms with van der Waals surface area (Å²) in [6.45, 7) is 0. The normalized spacial score (nSPS) is 24.0. The molecule has 0 saturated heterocycles. The van der Waals surface area contributed by atoms with Crippen molar-refractivity contribution >= 4 is 0 Å². The molecule has 2 radical (unpaired) electrons. The highest BCUT2D eigenvalue weighted by atomic mass is 14.0. The van der Waals surface area contributed by atoms with Crippen molar-refractivity contribution in [1.82, 2.24) is 0 Å². The van der Waals surface area contributed by atoms with Gasteiger partial charge in [-0.25, -0.2) is 0 Å². The number of rotatable bonds is 0. The van der Waals surface area contributed by atoms with E-state index in [4.69, 9.17) is 0 Å². The molecule has 0 nitrogen and oxygen atoms in total. The minimum Gasteiger partial charge on any atom is -0.0533 e. The van der Waals surface area contributed by atoms with Crippen LogP contribution >= 0.6 is 0 Å². The Labute approximate surface area is 77.7 Å². The van der Waals surface area contributed by atoms with Crippen molar-refractivity contribution in [3.05, 3.63) is 12.8 Å². The van der Waals surface area contributed by atoms with Crippen LogP contribution < -0.4 is 0 Å². The Morgan fingerprint density at radius 1 is 0.417 bits per heavy atom. The van der Waals surface area contributed by atoms with E-state index in [9.17, 15) is 0 Å². The summed E-state index contributed by atoms with van der Waals surface area (Å²) in [5.74, 6) is 0. The van der Waals surface area contributed by atoms with Crippen LogP contribution in [-0.2, 0) is 0 Å². The van der Waals surface area contributed by atoms with Crippen LogP contribution in [0, 0.1) is 12.8 Å². The average molecular weight is 166 g/mol. The third-order valence-corrected chi connectivity index (χ3v) is 2.63. The molecule has 0 bridgehead atoms. The van der Waals surface area contributed by atoms with E-state index in [0.29, 0.717) is 0 Å². The molecule has 1 fully saturated rings. The highest BCUT2D eigenvalue weighted by Gasteiger charge is 1.96. The van der Waals surface area contributed by atoms with Crippen LogP contribution in [0.3, 0.4) is 0 Å². The molecule has 0 atom stereocenters. The van der Waals surface area contributed by atoms with Gasteiger partial charge in [0, 0.05) is 0 Å². The summed E-state index contributed by atoms with van der Waals surface area (Å²) in [5, 5.41) is 0. The highest BCUT2D eigenvalue weighted by molar-refractivity contribution is 4.69. The van der Waals surface area contributed by atoms with E-state index in [0.717, 1.165) is 0 Å². The minimum absolute atomic E-state index is 1.36. The molecule has 0 aromatic rings. The second-order valence-electron chi connectivity index (χ2n) is 3.85. The van der Waals surface area contributed by atoms with Gasteiger partial charge in [-0.05, 0) is 12.8 Å². The molecule has 12 heavy (non-hydrogen) atoms. The molecule has 0 N–H and O–H groups in total. The first-order valence-electron chi connectivity index (χ1n) is 5.63. The monoisotopic (exact) mass is 166 g/mol. The van der Waals surface area contributed by atoms with Gasteiger partial charge in [0.05, 0.1) is 0 Å². The van der Waals surface area contributed by atoms with E-state index in [1.165, 1.54) is 64.2 Å². The van der Waals surface area contributed by atoms with Crippen molar-refractivity contribution in [2.75, 3.05) is 0 Å². The number of hydrogen-bond donors (Lipinski definition) is 0. The molecule has 0 heteroatoms. The zero-order chi connectivity index (χ0) is 8.49. The van der Waals surface area contributed by atoms with Crippen molar-refractivity contribution in [2.45, 2.75) is 64.2 Å². The fourth-order valence-electron chi connectivity index (χ4n) is 1.80. The maximum atomic E-state index is 2.49. The molecule has 0 aliphatic heterocycles.